The maximum absolute atomic E-state index is 12.7. The minimum atomic E-state index is -1.02. The predicted octanol–water partition coefficient (Wildman–Crippen LogP) is 2.72. The zero-order valence-corrected chi connectivity index (χ0v) is 22.8. The second kappa shape index (κ2) is 10.3. The van der Waals surface area contributed by atoms with Gasteiger partial charge in [-0.15, -0.1) is 0 Å². The van der Waals surface area contributed by atoms with Crippen LogP contribution < -0.4 is 25.2 Å². The summed E-state index contributed by atoms with van der Waals surface area (Å²) in [7, 11) is 2.03. The Kier molecular flexibility index (Phi) is 6.62. The molecule has 3 N–H and O–H groups in total. The van der Waals surface area contributed by atoms with E-state index in [0.29, 0.717) is 29.6 Å². The van der Waals surface area contributed by atoms with Gasteiger partial charge < -0.3 is 30.3 Å². The van der Waals surface area contributed by atoms with Gasteiger partial charge in [-0.05, 0) is 56.6 Å². The number of amides is 2. The van der Waals surface area contributed by atoms with E-state index in [0.717, 1.165) is 59.8 Å². The van der Waals surface area contributed by atoms with Crippen molar-refractivity contribution in [2.24, 2.45) is 0 Å². The van der Waals surface area contributed by atoms with Gasteiger partial charge >= 0.3 is 6.09 Å². The van der Waals surface area contributed by atoms with Crippen LogP contribution in [-0.4, -0.2) is 82.8 Å². The van der Waals surface area contributed by atoms with E-state index in [2.05, 4.69) is 30.4 Å². The summed E-state index contributed by atoms with van der Waals surface area (Å²) in [4.78, 5) is 43.9. The molecule has 3 aliphatic heterocycles. The number of carbonyl (C=O) groups is 2. The number of fused-ring (bicyclic) bond motifs is 2. The summed E-state index contributed by atoms with van der Waals surface area (Å²) in [5.74, 6) is 0.758. The molecule has 208 valence electrons. The van der Waals surface area contributed by atoms with Gasteiger partial charge in [0.25, 0.3) is 5.91 Å². The molecule has 1 aromatic carbocycles. The first-order chi connectivity index (χ1) is 19.3. The number of likely N-dealkylation sites (tertiary alicyclic amines) is 1. The molecule has 40 heavy (non-hydrogen) atoms. The fourth-order valence-corrected chi connectivity index (χ4v) is 5.59. The van der Waals surface area contributed by atoms with E-state index >= 15 is 0 Å². The first-order valence-electron chi connectivity index (χ1n) is 13.4. The van der Waals surface area contributed by atoms with Crippen molar-refractivity contribution in [3.05, 3.63) is 58.5 Å². The molecular weight excluding hydrogens is 512 g/mol. The van der Waals surface area contributed by atoms with E-state index in [1.54, 1.807) is 6.20 Å². The largest absolute Gasteiger partial charge is 0.474 e. The number of ether oxygens (including phenoxy) is 1. The highest BCUT2D eigenvalue weighted by molar-refractivity contribution is 5.96. The standard InChI is InChI=1S/C28H32N8O4/c1-16-10-19(4-5-21(16)25(37)31-20-13-34(3)14-20)32-27-30-11-18-6-7-35(15-22(18)33-27)23-12-29-26-24(17(23)2)36(28(38)39)8-9-40-26/h4-5,10-12,20H,6-9,13-15H2,1-3H3,(H,31,37)(H,38,39)(H,30,32,33). The first-order valence-corrected chi connectivity index (χ1v) is 13.4. The van der Waals surface area contributed by atoms with Gasteiger partial charge in [-0.3, -0.25) is 9.69 Å². The van der Waals surface area contributed by atoms with Crippen LogP contribution >= 0.6 is 0 Å². The number of hydrogen-bond acceptors (Lipinski definition) is 9. The fourth-order valence-electron chi connectivity index (χ4n) is 5.59. The Bertz CT molecular complexity index is 1490. The van der Waals surface area contributed by atoms with Crippen LogP contribution in [0.1, 0.15) is 32.7 Å². The van der Waals surface area contributed by atoms with E-state index in [4.69, 9.17) is 9.72 Å². The van der Waals surface area contributed by atoms with Crippen LogP contribution in [0.25, 0.3) is 0 Å². The summed E-state index contributed by atoms with van der Waals surface area (Å²) in [6.07, 6.45) is 3.33. The minimum absolute atomic E-state index is 0.0581. The van der Waals surface area contributed by atoms with Crippen LogP contribution in [0.15, 0.2) is 30.6 Å². The minimum Gasteiger partial charge on any atom is -0.474 e. The number of rotatable bonds is 5. The molecule has 2 aromatic heterocycles. The molecule has 1 saturated heterocycles. The lowest BCUT2D eigenvalue weighted by Gasteiger charge is -2.36. The number of nitrogens with zero attached hydrogens (tertiary/aromatic N) is 6. The molecule has 0 aliphatic carbocycles. The van der Waals surface area contributed by atoms with Gasteiger partial charge in [-0.1, -0.05) is 0 Å². The van der Waals surface area contributed by atoms with Gasteiger partial charge in [0.2, 0.25) is 11.8 Å². The molecule has 3 aromatic rings. The molecule has 6 rings (SSSR count). The maximum atomic E-state index is 12.7. The van der Waals surface area contributed by atoms with E-state index in [1.807, 2.05) is 45.3 Å². The molecule has 0 spiro atoms. The number of aromatic nitrogens is 3. The monoisotopic (exact) mass is 544 g/mol. The normalized spacial score (nSPS) is 16.9. The van der Waals surface area contributed by atoms with Crippen molar-refractivity contribution in [1.29, 1.82) is 0 Å². The van der Waals surface area contributed by atoms with Gasteiger partial charge in [0, 0.05) is 42.6 Å². The number of likely N-dealkylation sites (N-methyl/N-ethyl adjacent to an activating group) is 1. The molecule has 0 bridgehead atoms. The Balaban J connectivity index is 1.18. The summed E-state index contributed by atoms with van der Waals surface area (Å²) in [5.41, 5.74) is 6.46. The summed E-state index contributed by atoms with van der Waals surface area (Å²) < 4.78 is 5.63. The van der Waals surface area contributed by atoms with Crippen LogP contribution in [0.2, 0.25) is 0 Å². The van der Waals surface area contributed by atoms with Gasteiger partial charge in [0.1, 0.15) is 12.3 Å². The maximum Gasteiger partial charge on any atom is 0.412 e. The number of carbonyl (C=O) groups excluding carboxylic acids is 1. The van der Waals surface area contributed by atoms with Gasteiger partial charge in [0.05, 0.1) is 36.7 Å². The zero-order chi connectivity index (χ0) is 28.0. The number of benzene rings is 1. The molecule has 0 unspecified atom stereocenters. The highest BCUT2D eigenvalue weighted by Gasteiger charge is 2.30. The second-order valence-electron chi connectivity index (χ2n) is 10.6. The van der Waals surface area contributed by atoms with Crippen molar-refractivity contribution >= 4 is 35.0 Å². The quantitative estimate of drug-likeness (QED) is 0.440. The van der Waals surface area contributed by atoms with E-state index in [1.165, 1.54) is 4.90 Å². The average Bonchev–Trinajstić information content (AvgIpc) is 2.91. The van der Waals surface area contributed by atoms with Crippen molar-refractivity contribution in [3.63, 3.8) is 0 Å². The number of nitrogens with one attached hydrogen (secondary N) is 2. The lowest BCUT2D eigenvalue weighted by Crippen LogP contribution is -2.57. The summed E-state index contributed by atoms with van der Waals surface area (Å²) in [6.45, 7) is 7.38. The van der Waals surface area contributed by atoms with Crippen molar-refractivity contribution in [2.75, 3.05) is 55.0 Å². The Labute approximate surface area is 232 Å². The van der Waals surface area contributed by atoms with Crippen LogP contribution in [0.5, 0.6) is 5.88 Å². The number of aryl methyl sites for hydroxylation is 1. The molecule has 12 heteroatoms. The lowest BCUT2D eigenvalue weighted by molar-refractivity contribution is 0.0857. The fraction of sp³-hybridized carbons (Fsp3) is 0.393. The topological polar surface area (TPSA) is 136 Å². The van der Waals surface area contributed by atoms with Crippen LogP contribution in [0.3, 0.4) is 0 Å². The SMILES string of the molecule is Cc1cc(Nc2ncc3c(n2)CN(c2cnc4c(c2C)N(C(=O)O)CCO4)CC3)ccc1C(=O)NC1CN(C)C1. The molecule has 5 heterocycles. The summed E-state index contributed by atoms with van der Waals surface area (Å²) >= 11 is 0. The average molecular weight is 545 g/mol. The predicted molar refractivity (Wildman–Crippen MR) is 150 cm³/mol. The van der Waals surface area contributed by atoms with Gasteiger partial charge in [-0.25, -0.2) is 19.7 Å². The third-order valence-corrected chi connectivity index (χ3v) is 7.71. The summed E-state index contributed by atoms with van der Waals surface area (Å²) in [6, 6.07) is 5.81. The number of carboxylic acid groups (broad SMARTS) is 1. The molecule has 0 radical (unpaired) electrons. The molecule has 0 saturated carbocycles. The Morgan fingerprint density at radius 2 is 1.95 bits per heavy atom. The summed E-state index contributed by atoms with van der Waals surface area (Å²) in [5, 5.41) is 16.0. The van der Waals surface area contributed by atoms with Crippen LogP contribution in [0.4, 0.5) is 27.8 Å². The number of hydrogen-bond donors (Lipinski definition) is 3. The van der Waals surface area contributed by atoms with E-state index in [-0.39, 0.29) is 25.1 Å². The zero-order valence-electron chi connectivity index (χ0n) is 22.8. The third kappa shape index (κ3) is 4.86. The molecule has 12 nitrogen and oxygen atoms in total. The highest BCUT2D eigenvalue weighted by atomic mass is 16.5. The van der Waals surface area contributed by atoms with Gasteiger partial charge in [-0.2, -0.15) is 0 Å². The number of anilines is 4. The highest BCUT2D eigenvalue weighted by Crippen LogP contribution is 2.39. The van der Waals surface area contributed by atoms with Crippen molar-refractivity contribution in [1.82, 2.24) is 25.2 Å². The molecule has 1 fully saturated rings. The smallest absolute Gasteiger partial charge is 0.412 e. The Morgan fingerprint density at radius 3 is 2.70 bits per heavy atom. The Morgan fingerprint density at radius 1 is 1.12 bits per heavy atom. The van der Waals surface area contributed by atoms with E-state index in [9.17, 15) is 14.7 Å². The van der Waals surface area contributed by atoms with Crippen molar-refractivity contribution in [2.45, 2.75) is 32.9 Å². The first kappa shape index (κ1) is 25.8. The van der Waals surface area contributed by atoms with Gasteiger partial charge in [0.15, 0.2) is 0 Å². The molecule has 0 atom stereocenters. The Hall–Kier alpha value is -4.45. The van der Waals surface area contributed by atoms with E-state index < -0.39 is 6.09 Å². The third-order valence-electron chi connectivity index (χ3n) is 7.71. The molecular formula is C28H32N8O4. The second-order valence-corrected chi connectivity index (χ2v) is 10.6. The van der Waals surface area contributed by atoms with Crippen LogP contribution in [-0.2, 0) is 13.0 Å². The molecule has 2 amide bonds. The van der Waals surface area contributed by atoms with Crippen LogP contribution in [0, 0.1) is 13.8 Å². The number of pyridine rings is 1. The lowest BCUT2D eigenvalue weighted by atomic mass is 10.0. The van der Waals surface area contributed by atoms with Crippen molar-refractivity contribution in [3.8, 4) is 5.88 Å². The molecule has 3 aliphatic rings. The van der Waals surface area contributed by atoms with Crippen molar-refractivity contribution < 1.29 is 19.4 Å².